The molecule has 110 valence electrons. The van der Waals surface area contributed by atoms with Gasteiger partial charge in [-0.1, -0.05) is 42.0 Å². The molecule has 0 heterocycles. The minimum absolute atomic E-state index is 0.123. The van der Waals surface area contributed by atoms with E-state index in [4.69, 9.17) is 0 Å². The highest BCUT2D eigenvalue weighted by molar-refractivity contribution is 5.34. The zero-order valence-electron chi connectivity index (χ0n) is 12.5. The molecule has 0 aliphatic rings. The van der Waals surface area contributed by atoms with Gasteiger partial charge in [0, 0.05) is 24.2 Å². The van der Waals surface area contributed by atoms with E-state index in [9.17, 15) is 10.1 Å². The summed E-state index contributed by atoms with van der Waals surface area (Å²) in [7, 11) is 0. The summed E-state index contributed by atoms with van der Waals surface area (Å²) in [5.74, 6) is 0. The molecule has 0 spiro atoms. The molecular weight excluding hydrogens is 264 g/mol. The second kappa shape index (κ2) is 6.50. The highest BCUT2D eigenvalue weighted by atomic mass is 16.6. The molecule has 4 nitrogen and oxygen atoms in total. The first-order valence-electron chi connectivity index (χ1n) is 7.04. The van der Waals surface area contributed by atoms with Gasteiger partial charge in [-0.05, 0) is 31.9 Å². The number of aryl methyl sites for hydroxylation is 1. The summed E-state index contributed by atoms with van der Waals surface area (Å²) in [6.45, 7) is 6.25. The Hall–Kier alpha value is -2.20. The van der Waals surface area contributed by atoms with Crippen LogP contribution in [0.4, 0.5) is 5.69 Å². The van der Waals surface area contributed by atoms with Gasteiger partial charge >= 0.3 is 0 Å². The average molecular weight is 284 g/mol. The zero-order valence-corrected chi connectivity index (χ0v) is 12.5. The summed E-state index contributed by atoms with van der Waals surface area (Å²) in [5, 5.41) is 14.2. The number of nitro benzene ring substituents is 1. The average Bonchev–Trinajstić information content (AvgIpc) is 2.47. The van der Waals surface area contributed by atoms with Crippen LogP contribution in [0.3, 0.4) is 0 Å². The van der Waals surface area contributed by atoms with Crippen LogP contribution >= 0.6 is 0 Å². The molecule has 0 aromatic heterocycles. The second-order valence-corrected chi connectivity index (χ2v) is 5.37. The van der Waals surface area contributed by atoms with Crippen molar-refractivity contribution >= 4 is 5.69 Å². The Kier molecular flexibility index (Phi) is 4.70. The fourth-order valence-electron chi connectivity index (χ4n) is 2.31. The van der Waals surface area contributed by atoms with Crippen LogP contribution in [0.1, 0.15) is 42.6 Å². The normalized spacial score (nSPS) is 13.7. The first-order valence-corrected chi connectivity index (χ1v) is 7.04. The molecule has 2 atom stereocenters. The molecule has 0 saturated heterocycles. The summed E-state index contributed by atoms with van der Waals surface area (Å²) < 4.78 is 0. The van der Waals surface area contributed by atoms with E-state index in [0.717, 1.165) is 5.56 Å². The molecule has 2 unspecified atom stereocenters. The maximum absolute atomic E-state index is 10.7. The summed E-state index contributed by atoms with van der Waals surface area (Å²) in [6.07, 6.45) is 0. The monoisotopic (exact) mass is 284 g/mol. The fraction of sp³-hybridized carbons (Fsp3) is 0.294. The minimum atomic E-state index is -0.378. The number of nitrogens with one attached hydrogen (secondary N) is 1. The number of rotatable bonds is 5. The van der Waals surface area contributed by atoms with Crippen LogP contribution in [-0.2, 0) is 0 Å². The van der Waals surface area contributed by atoms with Crippen LogP contribution in [0, 0.1) is 17.0 Å². The SMILES string of the molecule is Cc1ccc(C(C)NC(C)c2ccc([N+](=O)[O-])cc2)cc1. The number of hydrogen-bond acceptors (Lipinski definition) is 3. The first kappa shape index (κ1) is 15.2. The predicted molar refractivity (Wildman–Crippen MR) is 84.2 cm³/mol. The van der Waals surface area contributed by atoms with Crippen molar-refractivity contribution in [2.45, 2.75) is 32.9 Å². The third-order valence-corrected chi connectivity index (χ3v) is 3.68. The van der Waals surface area contributed by atoms with Crippen molar-refractivity contribution < 1.29 is 4.92 Å². The molecule has 0 bridgehead atoms. The van der Waals surface area contributed by atoms with Crippen molar-refractivity contribution in [3.63, 3.8) is 0 Å². The Morgan fingerprint density at radius 3 is 1.76 bits per heavy atom. The van der Waals surface area contributed by atoms with Crippen LogP contribution in [-0.4, -0.2) is 4.92 Å². The summed E-state index contributed by atoms with van der Waals surface area (Å²) in [4.78, 5) is 10.3. The molecule has 0 fully saturated rings. The Balaban J connectivity index is 2.04. The molecule has 21 heavy (non-hydrogen) atoms. The van der Waals surface area contributed by atoms with Gasteiger partial charge in [0.25, 0.3) is 5.69 Å². The van der Waals surface area contributed by atoms with E-state index < -0.39 is 0 Å². The summed E-state index contributed by atoms with van der Waals surface area (Å²) in [5.41, 5.74) is 3.64. The molecular formula is C17H20N2O2. The van der Waals surface area contributed by atoms with Gasteiger partial charge in [0.05, 0.1) is 4.92 Å². The molecule has 0 aliphatic carbocycles. The molecule has 0 saturated carbocycles. The molecule has 2 rings (SSSR count). The Bertz CT molecular complexity index is 606. The Labute approximate surface area is 125 Å². The van der Waals surface area contributed by atoms with E-state index in [-0.39, 0.29) is 22.7 Å². The standard InChI is InChI=1S/C17H20N2O2/c1-12-4-6-15(7-5-12)13(2)18-14(3)16-8-10-17(11-9-16)19(20)21/h4-11,13-14,18H,1-3H3. The van der Waals surface area contributed by atoms with Gasteiger partial charge < -0.3 is 5.32 Å². The minimum Gasteiger partial charge on any atom is -0.304 e. The lowest BCUT2D eigenvalue weighted by Gasteiger charge is -2.21. The van der Waals surface area contributed by atoms with Crippen LogP contribution < -0.4 is 5.32 Å². The largest absolute Gasteiger partial charge is 0.304 e. The van der Waals surface area contributed by atoms with E-state index in [1.54, 1.807) is 24.3 Å². The Morgan fingerprint density at radius 1 is 0.905 bits per heavy atom. The summed E-state index contributed by atoms with van der Waals surface area (Å²) in [6, 6.07) is 15.5. The van der Waals surface area contributed by atoms with Gasteiger partial charge in [-0.2, -0.15) is 0 Å². The third-order valence-electron chi connectivity index (χ3n) is 3.68. The van der Waals surface area contributed by atoms with Crippen molar-refractivity contribution in [1.82, 2.24) is 5.32 Å². The van der Waals surface area contributed by atoms with Crippen LogP contribution in [0.5, 0.6) is 0 Å². The van der Waals surface area contributed by atoms with Gasteiger partial charge in [-0.15, -0.1) is 0 Å². The molecule has 2 aromatic carbocycles. The highest BCUT2D eigenvalue weighted by Gasteiger charge is 2.12. The smallest absolute Gasteiger partial charge is 0.269 e. The van der Waals surface area contributed by atoms with Gasteiger partial charge in [-0.3, -0.25) is 10.1 Å². The topological polar surface area (TPSA) is 55.2 Å². The lowest BCUT2D eigenvalue weighted by molar-refractivity contribution is -0.384. The van der Waals surface area contributed by atoms with Gasteiger partial charge in [0.15, 0.2) is 0 Å². The number of hydrogen-bond donors (Lipinski definition) is 1. The Morgan fingerprint density at radius 2 is 1.33 bits per heavy atom. The predicted octanol–water partition coefficient (Wildman–Crippen LogP) is 4.32. The molecule has 2 aromatic rings. The van der Waals surface area contributed by atoms with Crippen LogP contribution in [0.25, 0.3) is 0 Å². The maximum atomic E-state index is 10.7. The third kappa shape index (κ3) is 3.89. The second-order valence-electron chi connectivity index (χ2n) is 5.37. The lowest BCUT2D eigenvalue weighted by Crippen LogP contribution is -2.22. The quantitative estimate of drug-likeness (QED) is 0.657. The van der Waals surface area contributed by atoms with Crippen molar-refractivity contribution in [2.75, 3.05) is 0 Å². The molecule has 4 heteroatoms. The molecule has 1 N–H and O–H groups in total. The van der Waals surface area contributed by atoms with E-state index >= 15 is 0 Å². The lowest BCUT2D eigenvalue weighted by atomic mass is 10.0. The van der Waals surface area contributed by atoms with Gasteiger partial charge in [0.1, 0.15) is 0 Å². The summed E-state index contributed by atoms with van der Waals surface area (Å²) >= 11 is 0. The highest BCUT2D eigenvalue weighted by Crippen LogP contribution is 2.21. The number of benzene rings is 2. The number of non-ortho nitro benzene ring substituents is 1. The van der Waals surface area contributed by atoms with Gasteiger partial charge in [-0.25, -0.2) is 0 Å². The van der Waals surface area contributed by atoms with E-state index in [1.807, 2.05) is 0 Å². The van der Waals surface area contributed by atoms with Crippen molar-refractivity contribution in [3.05, 3.63) is 75.3 Å². The molecule has 0 amide bonds. The van der Waals surface area contributed by atoms with E-state index in [0.29, 0.717) is 0 Å². The molecule has 0 radical (unpaired) electrons. The van der Waals surface area contributed by atoms with E-state index in [1.165, 1.54) is 11.1 Å². The van der Waals surface area contributed by atoms with E-state index in [2.05, 4.69) is 50.4 Å². The van der Waals surface area contributed by atoms with Crippen LogP contribution in [0.2, 0.25) is 0 Å². The molecule has 0 aliphatic heterocycles. The zero-order chi connectivity index (χ0) is 15.4. The van der Waals surface area contributed by atoms with Crippen molar-refractivity contribution in [3.8, 4) is 0 Å². The fourth-order valence-corrected chi connectivity index (χ4v) is 2.31. The number of nitrogens with zero attached hydrogens (tertiary/aromatic N) is 1. The first-order chi connectivity index (χ1) is 9.97. The van der Waals surface area contributed by atoms with Crippen molar-refractivity contribution in [2.24, 2.45) is 0 Å². The van der Waals surface area contributed by atoms with Crippen molar-refractivity contribution in [1.29, 1.82) is 0 Å². The number of nitro groups is 1. The van der Waals surface area contributed by atoms with Gasteiger partial charge in [0.2, 0.25) is 0 Å². The maximum Gasteiger partial charge on any atom is 0.269 e. The van der Waals surface area contributed by atoms with Crippen LogP contribution in [0.15, 0.2) is 48.5 Å².